The standard InChI is InChI=1S/C17H15N3O2S2/c21-15(19-20-17(22)12-6-2-1-3-7-12)10-23-11-16-18-13-8-4-5-9-14(13)24-16/h1-9H,10-11H2,(H,19,21)(H,20,22). The van der Waals surface area contributed by atoms with Gasteiger partial charge >= 0.3 is 0 Å². The second kappa shape index (κ2) is 7.94. The van der Waals surface area contributed by atoms with E-state index in [1.807, 2.05) is 30.3 Å². The summed E-state index contributed by atoms with van der Waals surface area (Å²) in [5.74, 6) is 0.343. The third kappa shape index (κ3) is 4.33. The molecule has 0 spiro atoms. The maximum atomic E-state index is 11.8. The summed E-state index contributed by atoms with van der Waals surface area (Å²) in [6.45, 7) is 0. The Morgan fingerprint density at radius 2 is 1.75 bits per heavy atom. The number of nitrogens with one attached hydrogen (secondary N) is 2. The molecule has 122 valence electrons. The van der Waals surface area contributed by atoms with Gasteiger partial charge in [0.25, 0.3) is 5.91 Å². The van der Waals surface area contributed by atoms with Crippen LogP contribution in [0.25, 0.3) is 10.2 Å². The Bertz CT molecular complexity index is 816. The van der Waals surface area contributed by atoms with Crippen LogP contribution in [0.5, 0.6) is 0 Å². The summed E-state index contributed by atoms with van der Waals surface area (Å²) in [6, 6.07) is 16.7. The molecule has 2 aromatic carbocycles. The first-order valence-electron chi connectivity index (χ1n) is 7.29. The Morgan fingerprint density at radius 3 is 2.54 bits per heavy atom. The van der Waals surface area contributed by atoms with Gasteiger partial charge in [0.15, 0.2) is 0 Å². The van der Waals surface area contributed by atoms with Crippen molar-refractivity contribution in [3.05, 3.63) is 65.2 Å². The summed E-state index contributed by atoms with van der Waals surface area (Å²) in [6.07, 6.45) is 0. The van der Waals surface area contributed by atoms with Crippen LogP contribution >= 0.6 is 23.1 Å². The number of nitrogens with zero attached hydrogens (tertiary/aromatic N) is 1. The monoisotopic (exact) mass is 357 g/mol. The van der Waals surface area contributed by atoms with Crippen LogP contribution < -0.4 is 10.9 Å². The Kier molecular flexibility index (Phi) is 5.45. The Balaban J connectivity index is 1.42. The van der Waals surface area contributed by atoms with Gasteiger partial charge in [0.05, 0.1) is 16.0 Å². The second-order valence-corrected chi connectivity index (χ2v) is 7.04. The molecule has 0 saturated heterocycles. The van der Waals surface area contributed by atoms with Crippen molar-refractivity contribution in [2.45, 2.75) is 5.75 Å². The fourth-order valence-electron chi connectivity index (χ4n) is 2.04. The number of carbonyl (C=O) groups is 2. The molecule has 7 heteroatoms. The first-order valence-corrected chi connectivity index (χ1v) is 9.26. The molecule has 0 bridgehead atoms. The molecule has 3 rings (SSSR count). The predicted octanol–water partition coefficient (Wildman–Crippen LogP) is 2.99. The van der Waals surface area contributed by atoms with Crippen molar-refractivity contribution in [2.75, 3.05) is 5.75 Å². The number of amides is 2. The number of thioether (sulfide) groups is 1. The topological polar surface area (TPSA) is 71.1 Å². The summed E-state index contributed by atoms with van der Waals surface area (Å²) >= 11 is 3.09. The van der Waals surface area contributed by atoms with Gasteiger partial charge in [0.2, 0.25) is 5.91 Å². The molecule has 24 heavy (non-hydrogen) atoms. The van der Waals surface area contributed by atoms with Gasteiger partial charge in [-0.1, -0.05) is 30.3 Å². The lowest BCUT2D eigenvalue weighted by molar-refractivity contribution is -0.119. The average Bonchev–Trinajstić information content (AvgIpc) is 3.03. The van der Waals surface area contributed by atoms with Gasteiger partial charge in [0.1, 0.15) is 5.01 Å². The number of thiazole rings is 1. The minimum Gasteiger partial charge on any atom is -0.272 e. The highest BCUT2D eigenvalue weighted by atomic mass is 32.2. The molecule has 0 saturated carbocycles. The van der Waals surface area contributed by atoms with Crippen LogP contribution in [0, 0.1) is 0 Å². The molecular weight excluding hydrogens is 342 g/mol. The van der Waals surface area contributed by atoms with Crippen LogP contribution in [0.3, 0.4) is 0 Å². The molecule has 0 aliphatic rings. The molecule has 0 unspecified atom stereocenters. The van der Waals surface area contributed by atoms with E-state index in [0.717, 1.165) is 15.2 Å². The highest BCUT2D eigenvalue weighted by molar-refractivity contribution is 7.99. The fraction of sp³-hybridized carbons (Fsp3) is 0.118. The summed E-state index contributed by atoms with van der Waals surface area (Å²) in [4.78, 5) is 28.1. The van der Waals surface area contributed by atoms with Gasteiger partial charge in [-0.25, -0.2) is 4.98 Å². The van der Waals surface area contributed by atoms with Crippen molar-refractivity contribution in [3.8, 4) is 0 Å². The lowest BCUT2D eigenvalue weighted by atomic mass is 10.2. The van der Waals surface area contributed by atoms with Crippen LogP contribution in [-0.2, 0) is 10.5 Å². The molecule has 0 radical (unpaired) electrons. The summed E-state index contributed by atoms with van der Waals surface area (Å²) in [5.41, 5.74) is 6.31. The molecule has 0 aliphatic carbocycles. The minimum absolute atomic E-state index is 0.245. The Labute approximate surface area is 147 Å². The van der Waals surface area contributed by atoms with E-state index in [0.29, 0.717) is 11.3 Å². The third-order valence-electron chi connectivity index (χ3n) is 3.15. The van der Waals surface area contributed by atoms with Crippen LogP contribution in [0.2, 0.25) is 0 Å². The molecular formula is C17H15N3O2S2. The third-order valence-corrected chi connectivity index (χ3v) is 5.31. The van der Waals surface area contributed by atoms with Gasteiger partial charge in [-0.15, -0.1) is 23.1 Å². The Morgan fingerprint density at radius 1 is 1.00 bits per heavy atom. The van der Waals surface area contributed by atoms with Crippen LogP contribution in [-0.4, -0.2) is 22.6 Å². The van der Waals surface area contributed by atoms with Crippen LogP contribution in [0.4, 0.5) is 0 Å². The molecule has 1 aromatic heterocycles. The zero-order valence-corrected chi connectivity index (χ0v) is 14.3. The maximum Gasteiger partial charge on any atom is 0.269 e. The first kappa shape index (κ1) is 16.5. The highest BCUT2D eigenvalue weighted by Gasteiger charge is 2.08. The molecule has 0 atom stereocenters. The molecule has 5 nitrogen and oxygen atoms in total. The van der Waals surface area contributed by atoms with Gasteiger partial charge in [-0.3, -0.25) is 20.4 Å². The smallest absolute Gasteiger partial charge is 0.269 e. The quantitative estimate of drug-likeness (QED) is 0.689. The largest absolute Gasteiger partial charge is 0.272 e. The SMILES string of the molecule is O=C(CSCc1nc2ccccc2s1)NNC(=O)c1ccccc1. The van der Waals surface area contributed by atoms with Crippen LogP contribution in [0.15, 0.2) is 54.6 Å². The average molecular weight is 357 g/mol. The van der Waals surface area contributed by atoms with Gasteiger partial charge < -0.3 is 0 Å². The van der Waals surface area contributed by atoms with Crippen molar-refractivity contribution < 1.29 is 9.59 Å². The van der Waals surface area contributed by atoms with Gasteiger partial charge in [0, 0.05) is 11.3 Å². The van der Waals surface area contributed by atoms with Crippen molar-refractivity contribution in [2.24, 2.45) is 0 Å². The lowest BCUT2D eigenvalue weighted by Gasteiger charge is -2.06. The normalized spacial score (nSPS) is 10.5. The lowest BCUT2D eigenvalue weighted by Crippen LogP contribution is -2.42. The van der Waals surface area contributed by atoms with E-state index in [1.165, 1.54) is 11.8 Å². The van der Waals surface area contributed by atoms with Crippen LogP contribution in [0.1, 0.15) is 15.4 Å². The van der Waals surface area contributed by atoms with E-state index in [2.05, 4.69) is 15.8 Å². The zero-order chi connectivity index (χ0) is 16.8. The number of hydrogen-bond acceptors (Lipinski definition) is 5. The molecule has 1 heterocycles. The number of hydrazine groups is 1. The van der Waals surface area contributed by atoms with Crippen molar-refractivity contribution in [3.63, 3.8) is 0 Å². The van der Waals surface area contributed by atoms with Crippen molar-refractivity contribution in [1.29, 1.82) is 0 Å². The summed E-state index contributed by atoms with van der Waals surface area (Å²) in [5, 5.41) is 0.988. The van der Waals surface area contributed by atoms with E-state index in [4.69, 9.17) is 0 Å². The highest BCUT2D eigenvalue weighted by Crippen LogP contribution is 2.24. The van der Waals surface area contributed by atoms with E-state index < -0.39 is 0 Å². The molecule has 0 aliphatic heterocycles. The molecule has 2 amide bonds. The molecule has 3 aromatic rings. The fourth-order valence-corrected chi connectivity index (χ4v) is 3.88. The number of benzene rings is 2. The number of fused-ring (bicyclic) bond motifs is 1. The van der Waals surface area contributed by atoms with Crippen molar-refractivity contribution >= 4 is 45.1 Å². The summed E-state index contributed by atoms with van der Waals surface area (Å²) in [7, 11) is 0. The minimum atomic E-state index is -0.333. The Hall–Kier alpha value is -2.38. The number of hydrogen-bond donors (Lipinski definition) is 2. The number of rotatable bonds is 5. The number of aromatic nitrogens is 1. The van der Waals surface area contributed by atoms with Gasteiger partial charge in [-0.2, -0.15) is 0 Å². The maximum absolute atomic E-state index is 11.8. The van der Waals surface area contributed by atoms with Gasteiger partial charge in [-0.05, 0) is 24.3 Å². The van der Waals surface area contributed by atoms with E-state index in [1.54, 1.807) is 35.6 Å². The van der Waals surface area contributed by atoms with E-state index in [9.17, 15) is 9.59 Å². The zero-order valence-electron chi connectivity index (χ0n) is 12.7. The number of para-hydroxylation sites is 1. The second-order valence-electron chi connectivity index (χ2n) is 4.94. The van der Waals surface area contributed by atoms with E-state index >= 15 is 0 Å². The number of carbonyl (C=O) groups excluding carboxylic acids is 2. The summed E-state index contributed by atoms with van der Waals surface area (Å²) < 4.78 is 1.15. The predicted molar refractivity (Wildman–Crippen MR) is 97.8 cm³/mol. The van der Waals surface area contributed by atoms with Crippen molar-refractivity contribution in [1.82, 2.24) is 15.8 Å². The van der Waals surface area contributed by atoms with E-state index in [-0.39, 0.29) is 17.6 Å². The molecule has 0 fully saturated rings. The first-order chi connectivity index (χ1) is 11.7. The molecule has 2 N–H and O–H groups in total.